The van der Waals surface area contributed by atoms with E-state index in [1.165, 1.54) is 0 Å². The zero-order valence-corrected chi connectivity index (χ0v) is 24.6. The predicted molar refractivity (Wildman–Crippen MR) is 162 cm³/mol. The number of rotatable bonds is 8. The Hall–Kier alpha value is -3.75. The van der Waals surface area contributed by atoms with Gasteiger partial charge in [-0.05, 0) is 43.2 Å². The number of aliphatic imine (C=N–C) groups is 1. The summed E-state index contributed by atoms with van der Waals surface area (Å²) in [5, 5.41) is 3.21. The van der Waals surface area contributed by atoms with Crippen LogP contribution in [0, 0.1) is 5.41 Å². The topological polar surface area (TPSA) is 94.4 Å². The van der Waals surface area contributed by atoms with Crippen molar-refractivity contribution in [1.82, 2.24) is 4.57 Å². The number of carbonyl (C=O) groups is 1. The van der Waals surface area contributed by atoms with Gasteiger partial charge in [0.1, 0.15) is 19.0 Å². The number of hydrogen-bond donors (Lipinski definition) is 1. The number of benzene rings is 1. The normalized spacial score (nSPS) is 18.7. The second-order valence-corrected chi connectivity index (χ2v) is 9.83. The summed E-state index contributed by atoms with van der Waals surface area (Å²) < 4.78 is 18.0. The number of nitrogens with zero attached hydrogens (tertiary/aromatic N) is 3. The summed E-state index contributed by atoms with van der Waals surface area (Å²) in [7, 11) is 1.62. The van der Waals surface area contributed by atoms with Crippen molar-refractivity contribution in [2.45, 2.75) is 59.9 Å². The molecule has 9 heteroatoms. The molecule has 1 atom stereocenters. The standard InChI is InChI=1S/C17H23NO3.C12H15N3O2.C2H6/c1-3-7-17(4-2)11-16(19)18(12-17)13-5-6-14-15(10-13)21-9-8-20-14;1-13-5-6-15-11-7-9(17-2)8-14-10(11)3-4-12(15)16;1-2/h5-6,10H,3-4,7-9,11-12H2,1-2H3;3-4,7,14H,1,5-6,8H2,2H3;1-2H3. The number of fused-ring (bicyclic) bond motifs is 2. The van der Waals surface area contributed by atoms with E-state index < -0.39 is 0 Å². The maximum Gasteiger partial charge on any atom is 0.251 e. The van der Waals surface area contributed by atoms with Gasteiger partial charge in [0.25, 0.3) is 5.56 Å². The molecular formula is C31H44N4O5. The maximum atomic E-state index is 12.4. The lowest BCUT2D eigenvalue weighted by molar-refractivity contribution is -0.117. The minimum absolute atomic E-state index is 0.0391. The van der Waals surface area contributed by atoms with Crippen LogP contribution < -0.4 is 25.2 Å². The quantitative estimate of drug-likeness (QED) is 0.442. The highest BCUT2D eigenvalue weighted by atomic mass is 16.6. The highest BCUT2D eigenvalue weighted by molar-refractivity contribution is 5.96. The fraction of sp³-hybridized carbons (Fsp3) is 0.516. The summed E-state index contributed by atoms with van der Waals surface area (Å²) in [5.74, 6) is 2.55. The number of hydrogen-bond acceptors (Lipinski definition) is 7. The Kier molecular flexibility index (Phi) is 11.2. The molecule has 0 aliphatic carbocycles. The van der Waals surface area contributed by atoms with Crippen LogP contribution in [0.3, 0.4) is 0 Å². The molecule has 4 heterocycles. The van der Waals surface area contributed by atoms with Crippen LogP contribution >= 0.6 is 0 Å². The van der Waals surface area contributed by atoms with Crippen molar-refractivity contribution in [2.75, 3.05) is 50.2 Å². The zero-order chi connectivity index (χ0) is 29.1. The van der Waals surface area contributed by atoms with E-state index in [1.54, 1.807) is 23.8 Å². The lowest BCUT2D eigenvalue weighted by atomic mass is 9.80. The van der Waals surface area contributed by atoms with E-state index in [4.69, 9.17) is 14.2 Å². The van der Waals surface area contributed by atoms with Crippen LogP contribution in [0.2, 0.25) is 0 Å². The first-order valence-corrected chi connectivity index (χ1v) is 14.3. The number of carbonyl (C=O) groups excluding carboxylic acids is 1. The monoisotopic (exact) mass is 552 g/mol. The maximum absolute atomic E-state index is 12.4. The molecule has 1 amide bonds. The fourth-order valence-corrected chi connectivity index (χ4v) is 5.26. The van der Waals surface area contributed by atoms with Gasteiger partial charge in [-0.15, -0.1) is 0 Å². The van der Waals surface area contributed by atoms with E-state index in [0.717, 1.165) is 60.1 Å². The molecule has 5 rings (SSSR count). The van der Waals surface area contributed by atoms with Gasteiger partial charge in [-0.1, -0.05) is 34.1 Å². The molecule has 40 heavy (non-hydrogen) atoms. The number of ether oxygens (including phenoxy) is 3. The molecule has 1 N–H and O–H groups in total. The summed E-state index contributed by atoms with van der Waals surface area (Å²) in [5.41, 5.74) is 2.80. The van der Waals surface area contributed by atoms with Crippen LogP contribution in [-0.2, 0) is 16.1 Å². The first-order valence-electron chi connectivity index (χ1n) is 14.3. The Labute approximate surface area is 237 Å². The van der Waals surface area contributed by atoms with Crippen LogP contribution in [-0.4, -0.2) is 57.1 Å². The molecule has 0 bridgehead atoms. The number of anilines is 2. The average Bonchev–Trinajstić information content (AvgIpc) is 3.33. The molecule has 1 fully saturated rings. The second-order valence-electron chi connectivity index (χ2n) is 9.83. The predicted octanol–water partition coefficient (Wildman–Crippen LogP) is 5.38. The molecule has 3 aliphatic heterocycles. The minimum atomic E-state index is -0.0391. The zero-order valence-electron chi connectivity index (χ0n) is 24.6. The molecule has 1 saturated heterocycles. The van der Waals surface area contributed by atoms with E-state index in [2.05, 4.69) is 30.9 Å². The van der Waals surface area contributed by atoms with Gasteiger partial charge in [-0.3, -0.25) is 14.6 Å². The van der Waals surface area contributed by atoms with Crippen molar-refractivity contribution in [3.63, 3.8) is 0 Å². The third-order valence-electron chi connectivity index (χ3n) is 7.41. The van der Waals surface area contributed by atoms with Crippen molar-refractivity contribution in [2.24, 2.45) is 10.4 Å². The van der Waals surface area contributed by atoms with Gasteiger partial charge in [-0.25, -0.2) is 0 Å². The number of amides is 1. The molecule has 1 aromatic heterocycles. The SMILES string of the molecule is C=NCCn1c2c(ccc1=O)NCC(OC)=C2.CC.CCCC1(CC)CC(=O)N(c2ccc3c(c2)OCCO3)C1. The van der Waals surface area contributed by atoms with Crippen molar-refractivity contribution < 1.29 is 19.0 Å². The van der Waals surface area contributed by atoms with Crippen molar-refractivity contribution >= 4 is 30.1 Å². The number of methoxy groups -OCH3 is 1. The molecule has 1 unspecified atom stereocenters. The molecule has 3 aliphatic rings. The van der Waals surface area contributed by atoms with Gasteiger partial charge in [0, 0.05) is 43.4 Å². The molecule has 0 saturated carbocycles. The third kappa shape index (κ3) is 7.06. The third-order valence-corrected chi connectivity index (χ3v) is 7.41. The Morgan fingerprint density at radius 1 is 1.10 bits per heavy atom. The van der Waals surface area contributed by atoms with E-state index in [9.17, 15) is 9.59 Å². The Morgan fingerprint density at radius 2 is 1.85 bits per heavy atom. The van der Waals surface area contributed by atoms with Crippen LogP contribution in [0.4, 0.5) is 11.4 Å². The Balaban J connectivity index is 0.000000212. The molecule has 218 valence electrons. The Morgan fingerprint density at radius 3 is 2.52 bits per heavy atom. The first kappa shape index (κ1) is 30.8. The highest BCUT2D eigenvalue weighted by Crippen LogP contribution is 2.42. The van der Waals surface area contributed by atoms with Crippen molar-refractivity contribution in [3.05, 3.63) is 52.1 Å². The molecule has 9 nitrogen and oxygen atoms in total. The van der Waals surface area contributed by atoms with Crippen LogP contribution in [0.1, 0.15) is 59.1 Å². The minimum Gasteiger partial charge on any atom is -0.499 e. The molecule has 1 aromatic carbocycles. The summed E-state index contributed by atoms with van der Waals surface area (Å²) in [4.78, 5) is 29.9. The fourth-order valence-electron chi connectivity index (χ4n) is 5.26. The van der Waals surface area contributed by atoms with Crippen LogP contribution in [0.25, 0.3) is 6.08 Å². The Bertz CT molecular complexity index is 1250. The second kappa shape index (κ2) is 14.6. The molecule has 0 radical (unpaired) electrons. The van der Waals surface area contributed by atoms with Gasteiger partial charge >= 0.3 is 0 Å². The molecule has 2 aromatic rings. The lowest BCUT2D eigenvalue weighted by Gasteiger charge is -2.27. The summed E-state index contributed by atoms with van der Waals surface area (Å²) >= 11 is 0. The number of nitrogens with one attached hydrogen (secondary N) is 1. The molecular weight excluding hydrogens is 508 g/mol. The van der Waals surface area contributed by atoms with Gasteiger partial charge in [0.2, 0.25) is 5.91 Å². The summed E-state index contributed by atoms with van der Waals surface area (Å²) in [6.45, 7) is 15.5. The van der Waals surface area contributed by atoms with E-state index in [-0.39, 0.29) is 16.9 Å². The molecule has 0 spiro atoms. The number of pyridine rings is 1. The van der Waals surface area contributed by atoms with E-state index in [1.807, 2.05) is 43.0 Å². The van der Waals surface area contributed by atoms with E-state index >= 15 is 0 Å². The van der Waals surface area contributed by atoms with Crippen molar-refractivity contribution in [3.8, 4) is 11.5 Å². The van der Waals surface area contributed by atoms with Crippen LogP contribution in [0.15, 0.2) is 45.9 Å². The van der Waals surface area contributed by atoms with Crippen LogP contribution in [0.5, 0.6) is 11.5 Å². The average molecular weight is 553 g/mol. The smallest absolute Gasteiger partial charge is 0.251 e. The largest absolute Gasteiger partial charge is 0.499 e. The lowest BCUT2D eigenvalue weighted by Crippen LogP contribution is -2.28. The summed E-state index contributed by atoms with van der Waals surface area (Å²) in [6.07, 6.45) is 5.82. The van der Waals surface area contributed by atoms with Crippen molar-refractivity contribution in [1.29, 1.82) is 0 Å². The van der Waals surface area contributed by atoms with Gasteiger partial charge in [-0.2, -0.15) is 0 Å². The van der Waals surface area contributed by atoms with Gasteiger partial charge < -0.3 is 29.0 Å². The summed E-state index contributed by atoms with van der Waals surface area (Å²) in [6, 6.07) is 9.15. The highest BCUT2D eigenvalue weighted by Gasteiger charge is 2.41. The van der Waals surface area contributed by atoms with Gasteiger partial charge in [0.05, 0.1) is 31.6 Å². The van der Waals surface area contributed by atoms with Gasteiger partial charge in [0.15, 0.2) is 11.5 Å². The first-order chi connectivity index (χ1) is 19.4. The van der Waals surface area contributed by atoms with E-state index in [0.29, 0.717) is 39.3 Å². The number of aromatic nitrogens is 1.